The number of carbonyl (C=O) groups is 1. The maximum atomic E-state index is 11.9. The highest BCUT2D eigenvalue weighted by molar-refractivity contribution is 5.94. The average molecular weight is 261 g/mol. The summed E-state index contributed by atoms with van der Waals surface area (Å²) in [4.78, 5) is 20.0. The van der Waals surface area contributed by atoms with Crippen molar-refractivity contribution in [1.82, 2.24) is 20.4 Å². The Hall–Kier alpha value is -2.44. The molecule has 2 aromatic heterocycles. The van der Waals surface area contributed by atoms with Gasteiger partial charge in [-0.25, -0.2) is 4.98 Å². The van der Waals surface area contributed by atoms with E-state index >= 15 is 0 Å². The van der Waals surface area contributed by atoms with E-state index in [4.69, 9.17) is 4.52 Å². The highest BCUT2D eigenvalue weighted by atomic mass is 16.5. The molecule has 0 aliphatic heterocycles. The number of aryl methyl sites for hydroxylation is 1. The largest absolute Gasteiger partial charge is 0.370 e. The quantitative estimate of drug-likeness (QED) is 0.838. The zero-order chi connectivity index (χ0) is 13.7. The first-order valence-electron chi connectivity index (χ1n) is 5.96. The molecule has 7 heteroatoms. The number of carbonyl (C=O) groups excluding carboxylic acids is 1. The van der Waals surface area contributed by atoms with Crippen LogP contribution in [0.4, 0.5) is 5.82 Å². The van der Waals surface area contributed by atoms with Gasteiger partial charge in [-0.3, -0.25) is 4.79 Å². The molecule has 0 aliphatic rings. The molecule has 2 rings (SSSR count). The van der Waals surface area contributed by atoms with Crippen molar-refractivity contribution >= 4 is 11.7 Å². The van der Waals surface area contributed by atoms with E-state index < -0.39 is 0 Å². The molecule has 2 heterocycles. The van der Waals surface area contributed by atoms with Gasteiger partial charge in [0, 0.05) is 25.2 Å². The van der Waals surface area contributed by atoms with E-state index in [0.717, 1.165) is 6.54 Å². The lowest BCUT2D eigenvalue weighted by Crippen LogP contribution is -2.23. The highest BCUT2D eigenvalue weighted by Crippen LogP contribution is 2.06. The number of hydrogen-bond acceptors (Lipinski definition) is 6. The van der Waals surface area contributed by atoms with Crippen molar-refractivity contribution in [3.8, 4) is 0 Å². The summed E-state index contributed by atoms with van der Waals surface area (Å²) >= 11 is 0. The highest BCUT2D eigenvalue weighted by Gasteiger charge is 2.08. The van der Waals surface area contributed by atoms with Gasteiger partial charge in [0.25, 0.3) is 5.91 Å². The molecule has 0 aliphatic carbocycles. The molecular weight excluding hydrogens is 246 g/mol. The fourth-order valence-electron chi connectivity index (χ4n) is 1.52. The topological polar surface area (TPSA) is 92.9 Å². The number of rotatable bonds is 5. The lowest BCUT2D eigenvalue weighted by atomic mass is 10.2. The lowest BCUT2D eigenvalue weighted by Gasteiger charge is -2.05. The van der Waals surface area contributed by atoms with Gasteiger partial charge in [0.05, 0.1) is 6.54 Å². The molecule has 19 heavy (non-hydrogen) atoms. The van der Waals surface area contributed by atoms with Crippen LogP contribution in [0.2, 0.25) is 0 Å². The number of amides is 1. The summed E-state index contributed by atoms with van der Waals surface area (Å²) in [7, 11) is 0. The third-order valence-electron chi connectivity index (χ3n) is 2.36. The van der Waals surface area contributed by atoms with Gasteiger partial charge in [-0.15, -0.1) is 0 Å². The number of pyridine rings is 1. The minimum Gasteiger partial charge on any atom is -0.370 e. The standard InChI is InChI=1S/C12H15N5O2/c1-3-13-10-6-9(4-5-14-10)12(18)15-7-11-16-8(2)19-17-11/h4-6H,3,7H2,1-2H3,(H,13,14)(H,15,18). The first-order valence-corrected chi connectivity index (χ1v) is 5.96. The summed E-state index contributed by atoms with van der Waals surface area (Å²) in [5, 5.41) is 9.47. The van der Waals surface area contributed by atoms with Crippen LogP contribution in [0.3, 0.4) is 0 Å². The summed E-state index contributed by atoms with van der Waals surface area (Å²) in [5.41, 5.74) is 0.533. The van der Waals surface area contributed by atoms with Crippen LogP contribution in [-0.4, -0.2) is 27.6 Å². The molecule has 2 aromatic rings. The number of nitrogens with one attached hydrogen (secondary N) is 2. The number of aromatic nitrogens is 3. The Balaban J connectivity index is 1.97. The SMILES string of the molecule is CCNc1cc(C(=O)NCc2noc(C)n2)ccn1. The van der Waals surface area contributed by atoms with Gasteiger partial charge >= 0.3 is 0 Å². The van der Waals surface area contributed by atoms with Gasteiger partial charge < -0.3 is 15.2 Å². The molecule has 0 unspecified atom stereocenters. The Labute approximate surface area is 110 Å². The number of anilines is 1. The van der Waals surface area contributed by atoms with Crippen LogP contribution in [0, 0.1) is 6.92 Å². The predicted octanol–water partition coefficient (Wildman–Crippen LogP) is 1.13. The lowest BCUT2D eigenvalue weighted by molar-refractivity contribution is 0.0949. The summed E-state index contributed by atoms with van der Waals surface area (Å²) in [5.74, 6) is 1.39. The predicted molar refractivity (Wildman–Crippen MR) is 68.6 cm³/mol. The van der Waals surface area contributed by atoms with Gasteiger partial charge in [-0.2, -0.15) is 4.98 Å². The molecule has 100 valence electrons. The Morgan fingerprint density at radius 2 is 2.32 bits per heavy atom. The third kappa shape index (κ3) is 3.51. The van der Waals surface area contributed by atoms with Crippen LogP contribution in [0.5, 0.6) is 0 Å². The second kappa shape index (κ2) is 5.94. The minimum atomic E-state index is -0.205. The molecule has 0 fully saturated rings. The smallest absolute Gasteiger partial charge is 0.251 e. The van der Waals surface area contributed by atoms with Crippen molar-refractivity contribution in [3.05, 3.63) is 35.6 Å². The van der Waals surface area contributed by atoms with Gasteiger partial charge in [0.1, 0.15) is 5.82 Å². The molecule has 1 amide bonds. The maximum absolute atomic E-state index is 11.9. The Morgan fingerprint density at radius 1 is 1.47 bits per heavy atom. The Morgan fingerprint density at radius 3 is 3.00 bits per heavy atom. The number of hydrogen-bond donors (Lipinski definition) is 2. The van der Waals surface area contributed by atoms with Crippen LogP contribution in [0.1, 0.15) is 29.0 Å². The summed E-state index contributed by atoms with van der Waals surface area (Å²) in [6.07, 6.45) is 1.59. The first kappa shape index (κ1) is 13.0. The molecule has 0 saturated heterocycles. The van der Waals surface area contributed by atoms with Crippen molar-refractivity contribution < 1.29 is 9.32 Å². The third-order valence-corrected chi connectivity index (χ3v) is 2.36. The molecule has 0 bridgehead atoms. The fourth-order valence-corrected chi connectivity index (χ4v) is 1.52. The molecule has 2 N–H and O–H groups in total. The first-order chi connectivity index (χ1) is 9.19. The zero-order valence-corrected chi connectivity index (χ0v) is 10.8. The molecule has 0 aromatic carbocycles. The van der Waals surface area contributed by atoms with Gasteiger partial charge in [-0.05, 0) is 19.1 Å². The van der Waals surface area contributed by atoms with E-state index in [9.17, 15) is 4.79 Å². The van der Waals surface area contributed by atoms with Crippen LogP contribution < -0.4 is 10.6 Å². The number of nitrogens with zero attached hydrogens (tertiary/aromatic N) is 3. The molecule has 0 saturated carbocycles. The van der Waals surface area contributed by atoms with Gasteiger partial charge in [0.15, 0.2) is 5.82 Å². The van der Waals surface area contributed by atoms with E-state index in [1.807, 2.05) is 6.92 Å². The normalized spacial score (nSPS) is 10.2. The van der Waals surface area contributed by atoms with Crippen molar-refractivity contribution in [3.63, 3.8) is 0 Å². The maximum Gasteiger partial charge on any atom is 0.251 e. The van der Waals surface area contributed by atoms with E-state index in [2.05, 4.69) is 25.8 Å². The molecular formula is C12H15N5O2. The molecule has 7 nitrogen and oxygen atoms in total. The summed E-state index contributed by atoms with van der Waals surface area (Å²) < 4.78 is 4.82. The minimum absolute atomic E-state index is 0.205. The van der Waals surface area contributed by atoms with Crippen LogP contribution in [0.25, 0.3) is 0 Å². The average Bonchev–Trinajstić information content (AvgIpc) is 2.82. The van der Waals surface area contributed by atoms with E-state index in [-0.39, 0.29) is 12.5 Å². The van der Waals surface area contributed by atoms with Crippen molar-refractivity contribution in [2.75, 3.05) is 11.9 Å². The van der Waals surface area contributed by atoms with Crippen LogP contribution in [0.15, 0.2) is 22.9 Å². The van der Waals surface area contributed by atoms with Crippen LogP contribution in [-0.2, 0) is 6.54 Å². The molecule has 0 radical (unpaired) electrons. The molecule has 0 spiro atoms. The van der Waals surface area contributed by atoms with E-state index in [1.54, 1.807) is 25.3 Å². The van der Waals surface area contributed by atoms with Gasteiger partial charge in [0.2, 0.25) is 5.89 Å². The second-order valence-corrected chi connectivity index (χ2v) is 3.87. The summed E-state index contributed by atoms with van der Waals surface area (Å²) in [6, 6.07) is 3.35. The Bertz CT molecular complexity index is 567. The fraction of sp³-hybridized carbons (Fsp3) is 0.333. The van der Waals surface area contributed by atoms with E-state index in [1.165, 1.54) is 0 Å². The zero-order valence-electron chi connectivity index (χ0n) is 10.8. The summed E-state index contributed by atoms with van der Waals surface area (Å²) in [6.45, 7) is 4.64. The van der Waals surface area contributed by atoms with Gasteiger partial charge in [-0.1, -0.05) is 5.16 Å². The monoisotopic (exact) mass is 261 g/mol. The second-order valence-electron chi connectivity index (χ2n) is 3.87. The van der Waals surface area contributed by atoms with Crippen molar-refractivity contribution in [2.45, 2.75) is 20.4 Å². The Kier molecular flexibility index (Phi) is 4.07. The van der Waals surface area contributed by atoms with Crippen molar-refractivity contribution in [2.24, 2.45) is 0 Å². The van der Waals surface area contributed by atoms with Crippen LogP contribution >= 0.6 is 0 Å². The van der Waals surface area contributed by atoms with Crippen molar-refractivity contribution in [1.29, 1.82) is 0 Å². The molecule has 0 atom stereocenters. The van der Waals surface area contributed by atoms with E-state index in [0.29, 0.717) is 23.1 Å².